The fraction of sp³-hybridized carbons (Fsp3) is 0.429. The van der Waals surface area contributed by atoms with Crippen molar-refractivity contribution in [2.75, 3.05) is 6.54 Å². The molecule has 0 radical (unpaired) electrons. The van der Waals surface area contributed by atoms with Crippen molar-refractivity contribution >= 4 is 22.5 Å². The predicted octanol–water partition coefficient (Wildman–Crippen LogP) is 3.76. The maximum absolute atomic E-state index is 6.05. The van der Waals surface area contributed by atoms with Gasteiger partial charge >= 0.3 is 0 Å². The highest BCUT2D eigenvalue weighted by Gasteiger charge is 2.33. The molecule has 1 unspecified atom stereocenters. The molecule has 2 heterocycles. The summed E-state index contributed by atoms with van der Waals surface area (Å²) < 4.78 is 0. The third-order valence-corrected chi connectivity index (χ3v) is 3.98. The largest absolute Gasteiger partial charge is 0.357 e. The predicted molar refractivity (Wildman–Crippen MR) is 72.8 cm³/mol. The molecule has 0 bridgehead atoms. The van der Waals surface area contributed by atoms with Crippen LogP contribution in [0.4, 0.5) is 0 Å². The smallest absolute Gasteiger partial charge is 0.0474 e. The zero-order valence-corrected chi connectivity index (χ0v) is 11.2. The molecule has 17 heavy (non-hydrogen) atoms. The molecule has 3 heteroatoms. The molecule has 2 nitrogen and oxygen atoms in total. The summed E-state index contributed by atoms with van der Waals surface area (Å²) >= 11 is 6.05. The van der Waals surface area contributed by atoms with Crippen LogP contribution in [0.15, 0.2) is 18.2 Å². The number of aromatic nitrogens is 1. The first kappa shape index (κ1) is 11.1. The number of fused-ring (bicyclic) bond motifs is 3. The van der Waals surface area contributed by atoms with E-state index >= 15 is 0 Å². The normalized spacial score (nSPS) is 22.7. The van der Waals surface area contributed by atoms with Gasteiger partial charge in [0.05, 0.1) is 0 Å². The molecule has 0 spiro atoms. The Morgan fingerprint density at radius 1 is 1.35 bits per heavy atom. The molecular formula is C14H17ClN2. The van der Waals surface area contributed by atoms with Crippen LogP contribution in [0.1, 0.15) is 38.1 Å². The number of aromatic amines is 1. The second-order valence-corrected chi connectivity index (χ2v) is 6.03. The highest BCUT2D eigenvalue weighted by Crippen LogP contribution is 2.39. The Balaban J connectivity index is 2.36. The van der Waals surface area contributed by atoms with Gasteiger partial charge in [-0.15, -0.1) is 0 Å². The number of benzene rings is 1. The molecule has 2 aromatic rings. The number of nitrogens with one attached hydrogen (secondary N) is 2. The van der Waals surface area contributed by atoms with Crippen molar-refractivity contribution in [3.8, 4) is 0 Å². The molecular weight excluding hydrogens is 232 g/mol. The number of H-pyrrole nitrogens is 1. The molecule has 3 rings (SSSR count). The van der Waals surface area contributed by atoms with Crippen molar-refractivity contribution in [3.63, 3.8) is 0 Å². The average Bonchev–Trinajstić information content (AvgIpc) is 2.64. The molecule has 1 atom stereocenters. The topological polar surface area (TPSA) is 27.8 Å². The van der Waals surface area contributed by atoms with Gasteiger partial charge in [-0.3, -0.25) is 0 Å². The minimum absolute atomic E-state index is 0.161. The van der Waals surface area contributed by atoms with Crippen molar-refractivity contribution in [2.45, 2.75) is 32.2 Å². The molecule has 2 N–H and O–H groups in total. The number of halogens is 1. The third kappa shape index (κ3) is 1.59. The van der Waals surface area contributed by atoms with Crippen LogP contribution in [0.3, 0.4) is 0 Å². The summed E-state index contributed by atoms with van der Waals surface area (Å²) in [6.45, 7) is 7.78. The minimum atomic E-state index is 0.161. The van der Waals surface area contributed by atoms with E-state index < -0.39 is 0 Å². The summed E-state index contributed by atoms with van der Waals surface area (Å²) in [5.74, 6) is 0. The van der Waals surface area contributed by atoms with Gasteiger partial charge in [-0.25, -0.2) is 0 Å². The Morgan fingerprint density at radius 3 is 2.88 bits per heavy atom. The van der Waals surface area contributed by atoms with Crippen LogP contribution in [0, 0.1) is 0 Å². The van der Waals surface area contributed by atoms with Crippen LogP contribution in [-0.4, -0.2) is 11.5 Å². The van der Waals surface area contributed by atoms with E-state index in [0.29, 0.717) is 6.04 Å². The maximum Gasteiger partial charge on any atom is 0.0474 e. The molecule has 0 aliphatic carbocycles. The maximum atomic E-state index is 6.05. The van der Waals surface area contributed by atoms with Crippen molar-refractivity contribution in [2.24, 2.45) is 0 Å². The number of rotatable bonds is 0. The summed E-state index contributed by atoms with van der Waals surface area (Å²) in [5, 5.41) is 5.63. The lowest BCUT2D eigenvalue weighted by Crippen LogP contribution is -2.40. The van der Waals surface area contributed by atoms with Crippen molar-refractivity contribution in [1.29, 1.82) is 0 Å². The lowest BCUT2D eigenvalue weighted by molar-refractivity contribution is 0.394. The lowest BCUT2D eigenvalue weighted by Gasteiger charge is -2.34. The molecule has 1 aliphatic heterocycles. The minimum Gasteiger partial charge on any atom is -0.357 e. The molecule has 1 aliphatic rings. The van der Waals surface area contributed by atoms with Crippen LogP contribution in [0.2, 0.25) is 5.02 Å². The molecule has 90 valence electrons. The Bertz CT molecular complexity index is 583. The standard InChI is InChI=1S/C14H17ClN2/c1-8-13-12(14(2,3)7-16-8)10-5-4-9(15)6-11(10)17-13/h4-6,8,16-17H,7H2,1-3H3. The van der Waals surface area contributed by atoms with Crippen molar-refractivity contribution in [3.05, 3.63) is 34.5 Å². The Kier molecular flexibility index (Phi) is 2.29. The van der Waals surface area contributed by atoms with Crippen molar-refractivity contribution < 1.29 is 0 Å². The summed E-state index contributed by atoms with van der Waals surface area (Å²) in [6.07, 6.45) is 0. The first-order chi connectivity index (χ1) is 7.99. The number of hydrogen-bond donors (Lipinski definition) is 2. The van der Waals surface area contributed by atoms with E-state index in [4.69, 9.17) is 11.6 Å². The van der Waals surface area contributed by atoms with E-state index in [1.165, 1.54) is 16.6 Å². The van der Waals surface area contributed by atoms with E-state index in [-0.39, 0.29) is 5.41 Å². The third-order valence-electron chi connectivity index (χ3n) is 3.75. The lowest BCUT2D eigenvalue weighted by atomic mass is 9.79. The van der Waals surface area contributed by atoms with Crippen LogP contribution in [0.5, 0.6) is 0 Å². The van der Waals surface area contributed by atoms with E-state index in [1.54, 1.807) is 0 Å². The van der Waals surface area contributed by atoms with Gasteiger partial charge in [-0.05, 0) is 24.6 Å². The number of hydrogen-bond acceptors (Lipinski definition) is 1. The summed E-state index contributed by atoms with van der Waals surface area (Å²) in [7, 11) is 0. The molecule has 1 aromatic heterocycles. The SMILES string of the molecule is CC1NCC(C)(C)c2c1[nH]c1cc(Cl)ccc21. The second kappa shape index (κ2) is 3.50. The van der Waals surface area contributed by atoms with Gasteiger partial charge in [0.15, 0.2) is 0 Å². The van der Waals surface area contributed by atoms with Crippen LogP contribution in [0.25, 0.3) is 10.9 Å². The zero-order valence-electron chi connectivity index (χ0n) is 10.4. The molecule has 0 amide bonds. The second-order valence-electron chi connectivity index (χ2n) is 5.59. The van der Waals surface area contributed by atoms with Gasteiger partial charge < -0.3 is 10.3 Å². The summed E-state index contributed by atoms with van der Waals surface area (Å²) in [5.41, 5.74) is 4.05. The fourth-order valence-electron chi connectivity index (χ4n) is 2.84. The monoisotopic (exact) mass is 248 g/mol. The van der Waals surface area contributed by atoms with Gasteiger partial charge in [-0.2, -0.15) is 0 Å². The highest BCUT2D eigenvalue weighted by molar-refractivity contribution is 6.31. The molecule has 0 fully saturated rings. The van der Waals surface area contributed by atoms with Crippen LogP contribution < -0.4 is 5.32 Å². The molecule has 0 saturated carbocycles. The molecule has 1 aromatic carbocycles. The van der Waals surface area contributed by atoms with Crippen molar-refractivity contribution in [1.82, 2.24) is 10.3 Å². The van der Waals surface area contributed by atoms with Gasteiger partial charge in [0.1, 0.15) is 0 Å². The van der Waals surface area contributed by atoms with Gasteiger partial charge in [0, 0.05) is 39.6 Å². The van der Waals surface area contributed by atoms with E-state index in [2.05, 4.69) is 37.1 Å². The summed E-state index contributed by atoms with van der Waals surface area (Å²) in [6, 6.07) is 6.50. The Hall–Kier alpha value is -0.990. The fourth-order valence-corrected chi connectivity index (χ4v) is 3.02. The first-order valence-corrected chi connectivity index (χ1v) is 6.42. The first-order valence-electron chi connectivity index (χ1n) is 6.04. The van der Waals surface area contributed by atoms with Gasteiger partial charge in [-0.1, -0.05) is 31.5 Å². The Morgan fingerprint density at radius 2 is 2.12 bits per heavy atom. The van der Waals surface area contributed by atoms with E-state index in [1.807, 2.05) is 12.1 Å². The van der Waals surface area contributed by atoms with Crippen LogP contribution >= 0.6 is 11.6 Å². The van der Waals surface area contributed by atoms with Gasteiger partial charge in [0.2, 0.25) is 0 Å². The van der Waals surface area contributed by atoms with Crippen LogP contribution in [-0.2, 0) is 5.41 Å². The zero-order chi connectivity index (χ0) is 12.2. The highest BCUT2D eigenvalue weighted by atomic mass is 35.5. The molecule has 0 saturated heterocycles. The van der Waals surface area contributed by atoms with Gasteiger partial charge in [0.25, 0.3) is 0 Å². The Labute approximate surface area is 106 Å². The van der Waals surface area contributed by atoms with E-state index in [0.717, 1.165) is 17.1 Å². The average molecular weight is 249 g/mol. The summed E-state index contributed by atoms with van der Waals surface area (Å²) in [4.78, 5) is 3.52. The quantitative estimate of drug-likeness (QED) is 0.730. The van der Waals surface area contributed by atoms with E-state index in [9.17, 15) is 0 Å².